The van der Waals surface area contributed by atoms with Crippen LogP contribution in [0.4, 0.5) is 15.8 Å². The summed E-state index contributed by atoms with van der Waals surface area (Å²) in [5.74, 6) is -1.26. The van der Waals surface area contributed by atoms with Crippen molar-refractivity contribution in [2.75, 3.05) is 16.9 Å². The lowest BCUT2D eigenvalue weighted by atomic mass is 9.70. The van der Waals surface area contributed by atoms with E-state index in [1.807, 2.05) is 4.90 Å². The second kappa shape index (κ2) is 7.72. The zero-order chi connectivity index (χ0) is 23.6. The summed E-state index contributed by atoms with van der Waals surface area (Å²) < 4.78 is 14.5. The number of anilines is 1. The number of carbonyl (C=O) groups excluding carboxylic acids is 2. The molecule has 0 radical (unpaired) electrons. The topological polar surface area (TPSA) is 92.5 Å². The van der Waals surface area contributed by atoms with Crippen LogP contribution in [0, 0.1) is 21.8 Å². The van der Waals surface area contributed by atoms with Crippen molar-refractivity contribution in [1.29, 1.82) is 0 Å². The van der Waals surface area contributed by atoms with Crippen LogP contribution in [0.15, 0.2) is 60.0 Å². The number of amides is 1. The van der Waals surface area contributed by atoms with Crippen LogP contribution in [-0.2, 0) is 10.3 Å². The lowest BCUT2D eigenvalue weighted by molar-refractivity contribution is -0.384. The summed E-state index contributed by atoms with van der Waals surface area (Å²) in [6.07, 6.45) is 0. The van der Waals surface area contributed by atoms with Gasteiger partial charge >= 0.3 is 0 Å². The van der Waals surface area contributed by atoms with Gasteiger partial charge in [0.25, 0.3) is 5.69 Å². The molecule has 2 aromatic carbocycles. The molecule has 0 aliphatic carbocycles. The second-order valence-electron chi connectivity index (χ2n) is 8.64. The highest BCUT2D eigenvalue weighted by atomic mass is 32.2. The van der Waals surface area contributed by atoms with Crippen molar-refractivity contribution in [3.63, 3.8) is 0 Å². The molecule has 3 aromatic rings. The van der Waals surface area contributed by atoms with E-state index in [1.54, 1.807) is 41.4 Å². The number of ketones is 1. The number of rotatable bonds is 4. The van der Waals surface area contributed by atoms with E-state index in [2.05, 4.69) is 5.32 Å². The van der Waals surface area contributed by atoms with Crippen LogP contribution in [-0.4, -0.2) is 39.2 Å². The average Bonchev–Trinajstić information content (AvgIpc) is 3.60. The van der Waals surface area contributed by atoms with Crippen LogP contribution in [0.5, 0.6) is 0 Å². The fourth-order valence-corrected chi connectivity index (χ4v) is 7.87. The second-order valence-corrected chi connectivity index (χ2v) is 10.6. The van der Waals surface area contributed by atoms with Crippen molar-refractivity contribution >= 4 is 46.2 Å². The van der Waals surface area contributed by atoms with Crippen LogP contribution in [0.1, 0.15) is 26.7 Å². The van der Waals surface area contributed by atoms with Crippen LogP contribution in [0.25, 0.3) is 0 Å². The first-order chi connectivity index (χ1) is 16.4. The Morgan fingerprint density at radius 1 is 1.21 bits per heavy atom. The molecule has 1 aromatic heterocycles. The molecule has 2 fully saturated rings. The average molecular weight is 496 g/mol. The third-order valence-electron chi connectivity index (χ3n) is 7.10. The third-order valence-corrected chi connectivity index (χ3v) is 9.02. The van der Waals surface area contributed by atoms with Gasteiger partial charge in [-0.15, -0.1) is 23.1 Å². The highest BCUT2D eigenvalue weighted by Crippen LogP contribution is 2.61. The number of hydrogen-bond donors (Lipinski definition) is 1. The highest BCUT2D eigenvalue weighted by Gasteiger charge is 2.69. The van der Waals surface area contributed by atoms with Gasteiger partial charge in [0, 0.05) is 47.0 Å². The standard InChI is InChI=1S/C24H18FN3O4S2/c25-14-6-7-17-16(10-14)24(23(30)26-17)21(22(29)19-5-2-8-34-19)20(18-11-33-12-27(18)24)13-3-1-4-15(9-13)28(31)32/h1-10,18,20-21H,11-12H2,(H,26,30). The summed E-state index contributed by atoms with van der Waals surface area (Å²) in [4.78, 5) is 41.5. The smallest absolute Gasteiger partial charge is 0.269 e. The number of halogens is 1. The summed E-state index contributed by atoms with van der Waals surface area (Å²) in [5.41, 5.74) is 0.108. The summed E-state index contributed by atoms with van der Waals surface area (Å²) in [6.45, 7) is 0. The number of nitro groups is 1. The third kappa shape index (κ3) is 2.85. The number of benzene rings is 2. The summed E-state index contributed by atoms with van der Waals surface area (Å²) in [6, 6.07) is 13.8. The van der Waals surface area contributed by atoms with Crippen LogP contribution >= 0.6 is 23.1 Å². The molecule has 3 aliphatic rings. The molecule has 10 heteroatoms. The predicted octanol–water partition coefficient (Wildman–Crippen LogP) is 4.61. The van der Waals surface area contributed by atoms with Crippen molar-refractivity contribution in [3.05, 3.63) is 91.9 Å². The quantitative estimate of drug-likeness (QED) is 0.323. The number of nitrogens with zero attached hydrogens (tertiary/aromatic N) is 2. The van der Waals surface area contributed by atoms with Gasteiger partial charge in [-0.25, -0.2) is 4.39 Å². The molecule has 34 heavy (non-hydrogen) atoms. The molecule has 2 saturated heterocycles. The van der Waals surface area contributed by atoms with Crippen molar-refractivity contribution in [2.45, 2.75) is 17.5 Å². The van der Waals surface area contributed by atoms with E-state index in [0.29, 0.717) is 33.3 Å². The molecule has 0 bridgehead atoms. The number of thioether (sulfide) groups is 1. The van der Waals surface area contributed by atoms with Crippen molar-refractivity contribution in [3.8, 4) is 0 Å². The molecule has 4 unspecified atom stereocenters. The fourth-order valence-electron chi connectivity index (χ4n) is 5.84. The van der Waals surface area contributed by atoms with Gasteiger partial charge in [0.15, 0.2) is 5.78 Å². The Bertz CT molecular complexity index is 1350. The Morgan fingerprint density at radius 2 is 2.06 bits per heavy atom. The summed E-state index contributed by atoms with van der Waals surface area (Å²) in [5, 5.41) is 16.2. The SMILES string of the molecule is O=C(c1cccs1)C1C(c2cccc([N+](=O)[O-])c2)C2CSCN2C12C(=O)Nc1ccc(F)cc12. The van der Waals surface area contributed by atoms with Gasteiger partial charge in [-0.1, -0.05) is 18.2 Å². The lowest BCUT2D eigenvalue weighted by Gasteiger charge is -2.36. The summed E-state index contributed by atoms with van der Waals surface area (Å²) in [7, 11) is 0. The monoisotopic (exact) mass is 495 g/mol. The minimum atomic E-state index is -1.40. The molecular formula is C24H18FN3O4S2. The van der Waals surface area contributed by atoms with E-state index in [9.17, 15) is 24.1 Å². The zero-order valence-electron chi connectivity index (χ0n) is 17.6. The first kappa shape index (κ1) is 21.5. The molecule has 1 N–H and O–H groups in total. The molecule has 172 valence electrons. The van der Waals surface area contributed by atoms with E-state index in [1.165, 1.54) is 41.7 Å². The molecule has 6 rings (SSSR count). The first-order valence-corrected chi connectivity index (χ1v) is 12.7. The van der Waals surface area contributed by atoms with Gasteiger partial charge in [0.1, 0.15) is 11.4 Å². The largest absolute Gasteiger partial charge is 0.324 e. The van der Waals surface area contributed by atoms with Gasteiger partial charge in [0.2, 0.25) is 5.91 Å². The maximum Gasteiger partial charge on any atom is 0.269 e. The maximum atomic E-state index is 14.5. The van der Waals surface area contributed by atoms with E-state index in [4.69, 9.17) is 0 Å². The Balaban J connectivity index is 1.63. The number of nitrogens with one attached hydrogen (secondary N) is 1. The lowest BCUT2D eigenvalue weighted by Crippen LogP contribution is -2.52. The van der Waals surface area contributed by atoms with Gasteiger partial charge in [0.05, 0.1) is 15.7 Å². The Labute approximate surface area is 202 Å². The number of thiophene rings is 1. The number of non-ortho nitro benzene ring substituents is 1. The first-order valence-electron chi connectivity index (χ1n) is 10.7. The normalized spacial score (nSPS) is 27.6. The Hall–Kier alpha value is -3.08. The number of carbonyl (C=O) groups is 2. The van der Waals surface area contributed by atoms with Crippen LogP contribution < -0.4 is 5.32 Å². The highest BCUT2D eigenvalue weighted by molar-refractivity contribution is 7.99. The predicted molar refractivity (Wildman–Crippen MR) is 128 cm³/mol. The van der Waals surface area contributed by atoms with Gasteiger partial charge in [-0.3, -0.25) is 24.6 Å². The Kier molecular flexibility index (Phi) is 4.87. The van der Waals surface area contributed by atoms with Crippen LogP contribution in [0.3, 0.4) is 0 Å². The van der Waals surface area contributed by atoms with E-state index in [-0.39, 0.29) is 23.4 Å². The maximum absolute atomic E-state index is 14.5. The molecule has 4 atom stereocenters. The zero-order valence-corrected chi connectivity index (χ0v) is 19.3. The minimum Gasteiger partial charge on any atom is -0.324 e. The molecule has 7 nitrogen and oxygen atoms in total. The summed E-state index contributed by atoms with van der Waals surface area (Å²) >= 11 is 2.93. The number of Topliss-reactive ketones (excluding diaryl/α,β-unsaturated/α-hetero) is 1. The minimum absolute atomic E-state index is 0.0692. The van der Waals surface area contributed by atoms with Crippen molar-refractivity contribution in [1.82, 2.24) is 4.90 Å². The van der Waals surface area contributed by atoms with E-state index in [0.717, 1.165) is 0 Å². The van der Waals surface area contributed by atoms with Gasteiger partial charge < -0.3 is 5.32 Å². The van der Waals surface area contributed by atoms with Crippen molar-refractivity contribution < 1.29 is 18.9 Å². The van der Waals surface area contributed by atoms with Crippen LogP contribution in [0.2, 0.25) is 0 Å². The van der Waals surface area contributed by atoms with Gasteiger partial charge in [-0.05, 0) is 35.2 Å². The van der Waals surface area contributed by atoms with Gasteiger partial charge in [-0.2, -0.15) is 0 Å². The molecule has 0 saturated carbocycles. The Morgan fingerprint density at radius 3 is 2.82 bits per heavy atom. The number of nitro benzene ring substituents is 1. The fraction of sp³-hybridized carbons (Fsp3) is 0.250. The van der Waals surface area contributed by atoms with E-state index >= 15 is 0 Å². The molecular weight excluding hydrogens is 477 g/mol. The van der Waals surface area contributed by atoms with Crippen molar-refractivity contribution in [2.24, 2.45) is 5.92 Å². The van der Waals surface area contributed by atoms with E-state index < -0.39 is 28.1 Å². The molecule has 1 spiro atoms. The number of fused-ring (bicyclic) bond motifs is 4. The number of hydrogen-bond acceptors (Lipinski definition) is 7. The molecule has 3 aliphatic heterocycles. The molecule has 1 amide bonds. The molecule has 4 heterocycles.